The molecule has 5 aromatic rings. The number of fused-ring (bicyclic) bond motifs is 2. The minimum Gasteiger partial charge on any atom is -0.396 e. The summed E-state index contributed by atoms with van der Waals surface area (Å²) in [5, 5.41) is 14.2. The fraction of sp³-hybridized carbons (Fsp3) is 0.217. The Labute approximate surface area is 164 Å². The molecular formula is C23H19NO3S. The molecule has 0 saturated carbocycles. The van der Waals surface area contributed by atoms with E-state index in [-0.39, 0.29) is 17.7 Å². The van der Waals surface area contributed by atoms with Crippen molar-refractivity contribution >= 4 is 53.1 Å². The van der Waals surface area contributed by atoms with Gasteiger partial charge < -0.3 is 5.11 Å². The maximum absolute atomic E-state index is 13.1. The monoisotopic (exact) mass is 389 g/mol. The lowest BCUT2D eigenvalue weighted by Crippen LogP contribution is -2.33. The first-order valence-electron chi connectivity index (χ1n) is 9.54. The van der Waals surface area contributed by atoms with Gasteiger partial charge in [0.25, 0.3) is 11.1 Å². The van der Waals surface area contributed by atoms with Crippen molar-refractivity contribution in [2.24, 2.45) is 0 Å². The van der Waals surface area contributed by atoms with Crippen LogP contribution >= 0.6 is 11.3 Å². The molecule has 3 aromatic carbocycles. The summed E-state index contributed by atoms with van der Waals surface area (Å²) in [7, 11) is 0. The van der Waals surface area contributed by atoms with Crippen LogP contribution in [-0.4, -0.2) is 16.3 Å². The maximum Gasteiger partial charge on any atom is 0.261 e. The predicted molar refractivity (Wildman–Crippen MR) is 117 cm³/mol. The summed E-state index contributed by atoms with van der Waals surface area (Å²) >= 11 is 1.69. The van der Waals surface area contributed by atoms with E-state index in [0.717, 1.165) is 32.7 Å². The Balaban J connectivity index is 1.85. The molecule has 0 bridgehead atoms. The van der Waals surface area contributed by atoms with Crippen molar-refractivity contribution in [2.75, 3.05) is 6.61 Å². The summed E-state index contributed by atoms with van der Waals surface area (Å²) in [6.45, 7) is 0.522. The van der Waals surface area contributed by atoms with Crippen molar-refractivity contribution < 1.29 is 5.11 Å². The summed E-state index contributed by atoms with van der Waals surface area (Å²) in [6, 6.07) is 16.0. The highest BCUT2D eigenvalue weighted by Gasteiger charge is 2.17. The van der Waals surface area contributed by atoms with Gasteiger partial charge in [-0.15, -0.1) is 11.3 Å². The van der Waals surface area contributed by atoms with E-state index in [1.807, 2.05) is 36.4 Å². The van der Waals surface area contributed by atoms with Gasteiger partial charge in [0.2, 0.25) is 0 Å². The second kappa shape index (κ2) is 6.69. The van der Waals surface area contributed by atoms with Crippen LogP contribution in [0.5, 0.6) is 0 Å². The Hall–Kier alpha value is -2.76. The molecule has 0 aliphatic rings. The number of unbranched alkanes of at least 4 members (excludes halogenated alkanes) is 2. The largest absolute Gasteiger partial charge is 0.396 e. The number of hydrogen-bond donors (Lipinski definition) is 1. The molecule has 0 aliphatic heterocycles. The van der Waals surface area contributed by atoms with Crippen molar-refractivity contribution in [1.29, 1.82) is 0 Å². The molecule has 28 heavy (non-hydrogen) atoms. The molecule has 0 radical (unpaired) electrons. The minimum absolute atomic E-state index is 0.134. The number of aromatic nitrogens is 1. The third kappa shape index (κ3) is 2.47. The van der Waals surface area contributed by atoms with Gasteiger partial charge in [-0.3, -0.25) is 14.2 Å². The molecule has 0 fully saturated rings. The molecule has 0 unspecified atom stereocenters. The lowest BCUT2D eigenvalue weighted by atomic mass is 9.97. The molecule has 0 spiro atoms. The van der Waals surface area contributed by atoms with Crippen LogP contribution in [0.3, 0.4) is 0 Å². The van der Waals surface area contributed by atoms with Crippen LogP contribution < -0.4 is 11.1 Å². The summed E-state index contributed by atoms with van der Waals surface area (Å²) < 4.78 is 3.64. The van der Waals surface area contributed by atoms with Crippen LogP contribution in [-0.2, 0) is 6.54 Å². The first-order valence-corrected chi connectivity index (χ1v) is 10.4. The SMILES string of the molecule is O=c1c2ccc3sc4ccccc4c4ccc(c(=O)n1CCCCCO)c2c34. The van der Waals surface area contributed by atoms with Crippen molar-refractivity contribution in [2.45, 2.75) is 25.8 Å². The van der Waals surface area contributed by atoms with Gasteiger partial charge in [0.15, 0.2) is 0 Å². The zero-order valence-corrected chi connectivity index (χ0v) is 16.1. The van der Waals surface area contributed by atoms with Crippen LogP contribution in [0, 0.1) is 0 Å². The first-order chi connectivity index (χ1) is 13.7. The molecule has 0 saturated heterocycles. The molecule has 0 atom stereocenters. The lowest BCUT2D eigenvalue weighted by molar-refractivity contribution is 0.281. The van der Waals surface area contributed by atoms with E-state index in [0.29, 0.717) is 30.2 Å². The Morgan fingerprint density at radius 3 is 2.21 bits per heavy atom. The molecule has 4 nitrogen and oxygen atoms in total. The van der Waals surface area contributed by atoms with E-state index >= 15 is 0 Å². The normalized spacial score (nSPS) is 12.0. The van der Waals surface area contributed by atoms with Crippen LogP contribution in [0.25, 0.3) is 41.7 Å². The minimum atomic E-state index is -0.214. The first kappa shape index (κ1) is 17.3. The molecule has 2 aromatic heterocycles. The number of aliphatic hydroxyl groups is 1. The number of hydrogen-bond acceptors (Lipinski definition) is 4. The Morgan fingerprint density at radius 1 is 0.714 bits per heavy atom. The third-order valence-corrected chi connectivity index (χ3v) is 6.65. The highest BCUT2D eigenvalue weighted by atomic mass is 32.1. The zero-order chi connectivity index (χ0) is 19.3. The highest BCUT2D eigenvalue weighted by molar-refractivity contribution is 7.25. The standard InChI is InChI=1S/C23H19NO3S/c25-13-5-1-4-12-24-22(26)16-9-8-15-14-6-2-3-7-18(14)28-19-11-10-17(23(24)27)20(16)21(15)19/h2-3,6-11,25H,1,4-5,12-13H2. The average Bonchev–Trinajstić information content (AvgIpc) is 2.72. The van der Waals surface area contributed by atoms with Crippen molar-refractivity contribution in [3.63, 3.8) is 0 Å². The fourth-order valence-corrected chi connectivity index (χ4v) is 5.29. The van der Waals surface area contributed by atoms with Crippen molar-refractivity contribution in [3.05, 3.63) is 69.2 Å². The summed E-state index contributed by atoms with van der Waals surface area (Å²) in [6.07, 6.45) is 2.18. The van der Waals surface area contributed by atoms with Crippen molar-refractivity contribution in [1.82, 2.24) is 4.57 Å². The van der Waals surface area contributed by atoms with Gasteiger partial charge in [0.05, 0.1) is 0 Å². The number of rotatable bonds is 5. The topological polar surface area (TPSA) is 59.3 Å². The molecule has 1 N–H and O–H groups in total. The molecule has 5 heteroatoms. The molecule has 5 rings (SSSR count). The van der Waals surface area contributed by atoms with Gasteiger partial charge >= 0.3 is 0 Å². The van der Waals surface area contributed by atoms with E-state index in [1.165, 1.54) is 9.27 Å². The smallest absolute Gasteiger partial charge is 0.261 e. The molecule has 0 amide bonds. The predicted octanol–water partition coefficient (Wildman–Crippen LogP) is 4.48. The molecular weight excluding hydrogens is 370 g/mol. The average molecular weight is 389 g/mol. The molecule has 2 heterocycles. The molecule has 140 valence electrons. The van der Waals surface area contributed by atoms with E-state index in [9.17, 15) is 9.59 Å². The number of aliphatic hydroxyl groups excluding tert-OH is 1. The second-order valence-electron chi connectivity index (χ2n) is 7.17. The van der Waals surface area contributed by atoms with E-state index in [1.54, 1.807) is 11.3 Å². The quantitative estimate of drug-likeness (QED) is 0.274. The van der Waals surface area contributed by atoms with Gasteiger partial charge in [-0.1, -0.05) is 24.3 Å². The van der Waals surface area contributed by atoms with E-state index in [2.05, 4.69) is 12.1 Å². The third-order valence-electron chi connectivity index (χ3n) is 5.51. The van der Waals surface area contributed by atoms with E-state index in [4.69, 9.17) is 5.11 Å². The van der Waals surface area contributed by atoms with Crippen LogP contribution in [0.15, 0.2) is 58.1 Å². The Morgan fingerprint density at radius 2 is 1.43 bits per heavy atom. The van der Waals surface area contributed by atoms with Gasteiger partial charge in [-0.2, -0.15) is 0 Å². The number of nitrogens with zero attached hydrogens (tertiary/aromatic N) is 1. The highest BCUT2D eigenvalue weighted by Crippen LogP contribution is 2.39. The van der Waals surface area contributed by atoms with Crippen LogP contribution in [0.4, 0.5) is 0 Å². The van der Waals surface area contributed by atoms with Gasteiger partial charge in [-0.05, 0) is 54.3 Å². The summed E-state index contributed by atoms with van der Waals surface area (Å²) in [5.41, 5.74) is -0.428. The fourth-order valence-electron chi connectivity index (χ4n) is 4.17. The maximum atomic E-state index is 13.1. The lowest BCUT2D eigenvalue weighted by Gasteiger charge is -2.14. The Bertz CT molecular complexity index is 1420. The van der Waals surface area contributed by atoms with E-state index < -0.39 is 0 Å². The van der Waals surface area contributed by atoms with Crippen LogP contribution in [0.2, 0.25) is 0 Å². The zero-order valence-electron chi connectivity index (χ0n) is 15.3. The van der Waals surface area contributed by atoms with Gasteiger partial charge in [0.1, 0.15) is 0 Å². The number of benzene rings is 3. The Kier molecular flexibility index (Phi) is 4.14. The summed E-state index contributed by atoms with van der Waals surface area (Å²) in [4.78, 5) is 26.2. The van der Waals surface area contributed by atoms with Crippen LogP contribution in [0.1, 0.15) is 19.3 Å². The number of pyridine rings is 1. The van der Waals surface area contributed by atoms with Gasteiger partial charge in [0, 0.05) is 44.1 Å². The van der Waals surface area contributed by atoms with Crippen molar-refractivity contribution in [3.8, 4) is 0 Å². The summed E-state index contributed by atoms with van der Waals surface area (Å²) in [5.74, 6) is 0. The van der Waals surface area contributed by atoms with Gasteiger partial charge in [-0.25, -0.2) is 0 Å². The second-order valence-corrected chi connectivity index (χ2v) is 8.25. The molecule has 0 aliphatic carbocycles.